The second kappa shape index (κ2) is 8.49. The van der Waals surface area contributed by atoms with E-state index in [1.54, 1.807) is 24.4 Å². The van der Waals surface area contributed by atoms with E-state index in [1.807, 2.05) is 24.3 Å². The van der Waals surface area contributed by atoms with Crippen molar-refractivity contribution in [2.75, 3.05) is 5.32 Å². The maximum atomic E-state index is 13.2. The van der Waals surface area contributed by atoms with Gasteiger partial charge in [-0.3, -0.25) is 19.3 Å². The molecule has 0 aliphatic heterocycles. The Bertz CT molecular complexity index is 1490. The van der Waals surface area contributed by atoms with E-state index in [-0.39, 0.29) is 17.0 Å². The molecule has 33 heavy (non-hydrogen) atoms. The molecule has 0 fully saturated rings. The number of imidazole rings is 1. The molecule has 5 rings (SSSR count). The van der Waals surface area contributed by atoms with Crippen LogP contribution < -0.4 is 11.1 Å². The van der Waals surface area contributed by atoms with Gasteiger partial charge in [0.2, 0.25) is 0 Å². The van der Waals surface area contributed by atoms with Crippen LogP contribution in [-0.2, 0) is 6.42 Å². The SMILES string of the molecule is NC(=O)c1ncn2c(C(=O)Nc3ncc(Cc4ccccc4Cl)s3)cc(-c3ccco3)nc12. The van der Waals surface area contributed by atoms with E-state index in [9.17, 15) is 9.59 Å². The van der Waals surface area contributed by atoms with E-state index >= 15 is 0 Å². The first-order valence-corrected chi connectivity index (χ1v) is 10.9. The monoisotopic (exact) mass is 478 g/mol. The fourth-order valence-electron chi connectivity index (χ4n) is 3.31. The molecule has 0 atom stereocenters. The van der Waals surface area contributed by atoms with Crippen molar-refractivity contribution < 1.29 is 14.0 Å². The third-order valence-corrected chi connectivity index (χ3v) is 6.12. The van der Waals surface area contributed by atoms with E-state index < -0.39 is 11.8 Å². The molecule has 0 unspecified atom stereocenters. The van der Waals surface area contributed by atoms with Crippen LogP contribution in [0.25, 0.3) is 17.1 Å². The van der Waals surface area contributed by atoms with E-state index in [0.717, 1.165) is 10.4 Å². The third-order valence-electron chi connectivity index (χ3n) is 4.84. The molecule has 0 radical (unpaired) electrons. The van der Waals surface area contributed by atoms with Gasteiger partial charge in [0.1, 0.15) is 17.7 Å². The number of benzene rings is 1. The van der Waals surface area contributed by atoms with Gasteiger partial charge in [0.15, 0.2) is 22.2 Å². The van der Waals surface area contributed by atoms with Gasteiger partial charge in [0.25, 0.3) is 11.8 Å². The average molecular weight is 479 g/mol. The number of carbonyl (C=O) groups excluding carboxylic acids is 2. The summed E-state index contributed by atoms with van der Waals surface area (Å²) < 4.78 is 6.81. The summed E-state index contributed by atoms with van der Waals surface area (Å²) in [7, 11) is 0. The molecule has 0 spiro atoms. The Balaban J connectivity index is 1.47. The zero-order valence-corrected chi connectivity index (χ0v) is 18.4. The standard InChI is InChI=1S/C22H15ClN6O3S/c23-14-5-2-1-4-12(14)8-13-10-25-22(33-13)28-21(31)16-9-15(17-6-3-7-32-17)27-20-18(19(24)30)26-11-29(16)20/h1-7,9-11H,8H2,(H2,24,30)(H,25,28,31). The molecule has 4 heterocycles. The summed E-state index contributed by atoms with van der Waals surface area (Å²) in [5.41, 5.74) is 7.05. The molecule has 4 aromatic heterocycles. The quantitative estimate of drug-likeness (QED) is 0.379. The first-order valence-electron chi connectivity index (χ1n) is 9.71. The highest BCUT2D eigenvalue weighted by molar-refractivity contribution is 7.15. The fraction of sp³-hybridized carbons (Fsp3) is 0.0455. The molecule has 9 nitrogen and oxygen atoms in total. The molecule has 0 aliphatic rings. The maximum absolute atomic E-state index is 13.2. The molecule has 0 bridgehead atoms. The summed E-state index contributed by atoms with van der Waals surface area (Å²) in [6.45, 7) is 0. The van der Waals surface area contributed by atoms with Crippen LogP contribution >= 0.6 is 22.9 Å². The fourth-order valence-corrected chi connectivity index (χ4v) is 4.34. The molecule has 0 saturated heterocycles. The van der Waals surface area contributed by atoms with Crippen LogP contribution in [0.4, 0.5) is 5.13 Å². The minimum atomic E-state index is -0.753. The highest BCUT2D eigenvalue weighted by Gasteiger charge is 2.21. The topological polar surface area (TPSA) is 128 Å². The zero-order chi connectivity index (χ0) is 22.9. The van der Waals surface area contributed by atoms with Gasteiger partial charge in [-0.1, -0.05) is 29.8 Å². The van der Waals surface area contributed by atoms with Crippen molar-refractivity contribution in [1.82, 2.24) is 19.4 Å². The number of hydrogen-bond donors (Lipinski definition) is 2. The van der Waals surface area contributed by atoms with Crippen LogP contribution in [0.1, 0.15) is 31.4 Å². The lowest BCUT2D eigenvalue weighted by molar-refractivity contribution is 0.0993. The number of fused-ring (bicyclic) bond motifs is 1. The van der Waals surface area contributed by atoms with E-state index in [4.69, 9.17) is 21.8 Å². The van der Waals surface area contributed by atoms with Gasteiger partial charge in [-0.2, -0.15) is 0 Å². The van der Waals surface area contributed by atoms with Crippen molar-refractivity contribution in [2.45, 2.75) is 6.42 Å². The van der Waals surface area contributed by atoms with Gasteiger partial charge in [-0.25, -0.2) is 15.0 Å². The molecule has 5 aromatic rings. The van der Waals surface area contributed by atoms with Crippen molar-refractivity contribution in [3.63, 3.8) is 0 Å². The summed E-state index contributed by atoms with van der Waals surface area (Å²) in [6.07, 6.45) is 5.11. The van der Waals surface area contributed by atoms with E-state index in [0.29, 0.717) is 28.0 Å². The van der Waals surface area contributed by atoms with Crippen LogP contribution in [-0.4, -0.2) is 31.2 Å². The number of halogens is 1. The smallest absolute Gasteiger partial charge is 0.274 e. The molecule has 1 aromatic carbocycles. The lowest BCUT2D eigenvalue weighted by Crippen LogP contribution is -2.17. The Kier molecular flexibility index (Phi) is 5.37. The van der Waals surface area contributed by atoms with Crippen LogP contribution in [0.2, 0.25) is 5.02 Å². The number of rotatable bonds is 6. The number of thiazole rings is 1. The van der Waals surface area contributed by atoms with Crippen molar-refractivity contribution >= 4 is 45.5 Å². The van der Waals surface area contributed by atoms with Crippen LogP contribution in [0, 0.1) is 0 Å². The second-order valence-electron chi connectivity index (χ2n) is 7.01. The average Bonchev–Trinajstić information content (AvgIpc) is 3.55. The Morgan fingerprint density at radius 3 is 2.79 bits per heavy atom. The molecule has 0 saturated carbocycles. The van der Waals surface area contributed by atoms with Crippen LogP contribution in [0.15, 0.2) is 65.7 Å². The van der Waals surface area contributed by atoms with E-state index in [2.05, 4.69) is 20.3 Å². The Hall–Kier alpha value is -4.02. The third kappa shape index (κ3) is 4.09. The number of primary amides is 1. The first kappa shape index (κ1) is 20.9. The lowest BCUT2D eigenvalue weighted by Gasteiger charge is -2.07. The number of nitrogens with zero attached hydrogens (tertiary/aromatic N) is 4. The first-order chi connectivity index (χ1) is 16.0. The minimum absolute atomic E-state index is 0.0475. The number of amides is 2. The second-order valence-corrected chi connectivity index (χ2v) is 8.53. The van der Waals surface area contributed by atoms with E-state index in [1.165, 1.54) is 28.3 Å². The van der Waals surface area contributed by atoms with Crippen molar-refractivity contribution in [2.24, 2.45) is 5.73 Å². The Morgan fingerprint density at radius 1 is 1.18 bits per heavy atom. The number of aromatic nitrogens is 4. The zero-order valence-electron chi connectivity index (χ0n) is 16.9. The van der Waals surface area contributed by atoms with Gasteiger partial charge in [0, 0.05) is 22.5 Å². The summed E-state index contributed by atoms with van der Waals surface area (Å²) in [5, 5.41) is 3.89. The van der Waals surface area contributed by atoms with Crippen molar-refractivity contribution in [3.05, 3.63) is 88.1 Å². The number of furan rings is 1. The summed E-state index contributed by atoms with van der Waals surface area (Å²) in [6, 6.07) is 12.5. The molecular formula is C22H15ClN6O3S. The van der Waals surface area contributed by atoms with Crippen LogP contribution in [0.5, 0.6) is 0 Å². The summed E-state index contributed by atoms with van der Waals surface area (Å²) >= 11 is 7.58. The van der Waals surface area contributed by atoms with Crippen molar-refractivity contribution in [1.29, 1.82) is 0 Å². The lowest BCUT2D eigenvalue weighted by atomic mass is 10.1. The van der Waals surface area contributed by atoms with Gasteiger partial charge in [-0.15, -0.1) is 11.3 Å². The number of hydrogen-bond acceptors (Lipinski definition) is 7. The number of carbonyl (C=O) groups is 2. The molecule has 2 amide bonds. The maximum Gasteiger partial charge on any atom is 0.274 e. The van der Waals surface area contributed by atoms with Crippen molar-refractivity contribution in [3.8, 4) is 11.5 Å². The molecule has 11 heteroatoms. The normalized spacial score (nSPS) is 11.1. The van der Waals surface area contributed by atoms with Gasteiger partial charge < -0.3 is 10.2 Å². The molecule has 0 aliphatic carbocycles. The van der Waals surface area contributed by atoms with Gasteiger partial charge >= 0.3 is 0 Å². The van der Waals surface area contributed by atoms with Gasteiger partial charge in [0.05, 0.1) is 6.26 Å². The molecular weight excluding hydrogens is 464 g/mol. The minimum Gasteiger partial charge on any atom is -0.463 e. The van der Waals surface area contributed by atoms with Gasteiger partial charge in [-0.05, 0) is 29.8 Å². The Labute approximate surface area is 195 Å². The molecule has 164 valence electrons. The predicted octanol–water partition coefficient (Wildman–Crippen LogP) is 4.04. The largest absolute Gasteiger partial charge is 0.463 e. The summed E-state index contributed by atoms with van der Waals surface area (Å²) in [4.78, 5) is 38.6. The number of nitrogens with one attached hydrogen (secondary N) is 1. The number of anilines is 1. The summed E-state index contributed by atoms with van der Waals surface area (Å²) in [5.74, 6) is -0.779. The molecule has 3 N–H and O–H groups in total. The predicted molar refractivity (Wildman–Crippen MR) is 124 cm³/mol. The van der Waals surface area contributed by atoms with Crippen LogP contribution in [0.3, 0.4) is 0 Å². The number of nitrogens with two attached hydrogens (primary N) is 1. The Morgan fingerprint density at radius 2 is 2.03 bits per heavy atom. The highest BCUT2D eigenvalue weighted by atomic mass is 35.5. The highest BCUT2D eigenvalue weighted by Crippen LogP contribution is 2.26.